The van der Waals surface area contributed by atoms with E-state index in [2.05, 4.69) is 10.3 Å². The van der Waals surface area contributed by atoms with Gasteiger partial charge in [-0.1, -0.05) is 11.3 Å². The zero-order valence-electron chi connectivity index (χ0n) is 8.30. The molecule has 0 unspecified atom stereocenters. The Morgan fingerprint density at radius 2 is 2.40 bits per heavy atom. The Bertz CT molecular complexity index is 502. The summed E-state index contributed by atoms with van der Waals surface area (Å²) in [6.45, 7) is 3.83. The standard InChI is InChI=1S/C8H10N4O2S/c1-5(2)9-6-7(12(13)14)11-3-4-15-8(11)10-6/h3-5,9H,1-2H3. The third-order valence-electron chi connectivity index (χ3n) is 1.84. The molecule has 0 fully saturated rings. The zero-order valence-corrected chi connectivity index (χ0v) is 9.11. The molecule has 0 aliphatic rings. The van der Waals surface area contributed by atoms with Crippen LogP contribution in [0.4, 0.5) is 11.6 Å². The maximum atomic E-state index is 10.9. The summed E-state index contributed by atoms with van der Waals surface area (Å²) in [5.74, 6) is 0.335. The van der Waals surface area contributed by atoms with Crippen LogP contribution in [0.25, 0.3) is 4.96 Å². The summed E-state index contributed by atoms with van der Waals surface area (Å²) >= 11 is 1.37. The molecule has 0 amide bonds. The number of rotatable bonds is 3. The van der Waals surface area contributed by atoms with Crippen LogP contribution in [-0.4, -0.2) is 20.3 Å². The first-order valence-electron chi connectivity index (χ1n) is 4.46. The van der Waals surface area contributed by atoms with E-state index in [1.807, 2.05) is 13.8 Å². The van der Waals surface area contributed by atoms with Crippen molar-refractivity contribution in [2.24, 2.45) is 0 Å². The molecule has 2 aromatic rings. The fourth-order valence-electron chi connectivity index (χ4n) is 1.32. The molecule has 0 saturated heterocycles. The predicted molar refractivity (Wildman–Crippen MR) is 58.5 cm³/mol. The van der Waals surface area contributed by atoms with Gasteiger partial charge in [0.25, 0.3) is 4.96 Å². The monoisotopic (exact) mass is 226 g/mol. The Kier molecular flexibility index (Phi) is 2.31. The highest BCUT2D eigenvalue weighted by Crippen LogP contribution is 2.28. The van der Waals surface area contributed by atoms with Crippen LogP contribution < -0.4 is 5.32 Å². The van der Waals surface area contributed by atoms with Gasteiger partial charge in [0.05, 0.1) is 0 Å². The van der Waals surface area contributed by atoms with Crippen LogP contribution >= 0.6 is 11.3 Å². The molecule has 0 aromatic carbocycles. The van der Waals surface area contributed by atoms with Crippen LogP contribution in [0.5, 0.6) is 0 Å². The molecule has 80 valence electrons. The fourth-order valence-corrected chi connectivity index (χ4v) is 2.03. The molecule has 2 heterocycles. The van der Waals surface area contributed by atoms with E-state index in [1.165, 1.54) is 15.7 Å². The second-order valence-corrected chi connectivity index (χ2v) is 4.27. The van der Waals surface area contributed by atoms with Gasteiger partial charge in [-0.2, -0.15) is 9.38 Å². The summed E-state index contributed by atoms with van der Waals surface area (Å²) < 4.78 is 1.48. The molecule has 1 N–H and O–H groups in total. The summed E-state index contributed by atoms with van der Waals surface area (Å²) in [6.07, 6.45) is 1.65. The van der Waals surface area contributed by atoms with Crippen LogP contribution in [-0.2, 0) is 0 Å². The van der Waals surface area contributed by atoms with E-state index in [1.54, 1.807) is 11.6 Å². The second-order valence-electron chi connectivity index (χ2n) is 3.40. The number of nitrogens with zero attached hydrogens (tertiary/aromatic N) is 3. The molecule has 7 heteroatoms. The Labute approximate surface area is 89.7 Å². The lowest BCUT2D eigenvalue weighted by atomic mass is 10.4. The number of imidazole rings is 1. The lowest BCUT2D eigenvalue weighted by Gasteiger charge is -2.05. The van der Waals surface area contributed by atoms with Gasteiger partial charge in [0, 0.05) is 11.4 Å². The Morgan fingerprint density at radius 1 is 1.67 bits per heavy atom. The van der Waals surface area contributed by atoms with Gasteiger partial charge in [-0.25, -0.2) is 0 Å². The van der Waals surface area contributed by atoms with Crippen LogP contribution in [0, 0.1) is 10.1 Å². The number of thiazole rings is 1. The third kappa shape index (κ3) is 1.65. The minimum atomic E-state index is -0.419. The molecule has 0 bridgehead atoms. The molecule has 2 rings (SSSR count). The minimum absolute atomic E-state index is 0.0000463. The molecule has 0 spiro atoms. The van der Waals surface area contributed by atoms with Gasteiger partial charge in [-0.05, 0) is 18.8 Å². The molecule has 0 aliphatic heterocycles. The van der Waals surface area contributed by atoms with Crippen molar-refractivity contribution in [2.45, 2.75) is 19.9 Å². The minimum Gasteiger partial charge on any atom is -0.361 e. The molecule has 15 heavy (non-hydrogen) atoms. The van der Waals surface area contributed by atoms with E-state index in [9.17, 15) is 10.1 Å². The maximum Gasteiger partial charge on any atom is 0.372 e. The summed E-state index contributed by atoms with van der Waals surface area (Å²) in [7, 11) is 0. The molecule has 0 radical (unpaired) electrons. The fraction of sp³-hybridized carbons (Fsp3) is 0.375. The smallest absolute Gasteiger partial charge is 0.361 e. The van der Waals surface area contributed by atoms with E-state index >= 15 is 0 Å². The van der Waals surface area contributed by atoms with E-state index in [0.29, 0.717) is 10.8 Å². The summed E-state index contributed by atoms with van der Waals surface area (Å²) in [5.41, 5.74) is 0. The van der Waals surface area contributed by atoms with E-state index in [4.69, 9.17) is 0 Å². The first-order chi connectivity index (χ1) is 7.09. The predicted octanol–water partition coefficient (Wildman–Crippen LogP) is 2.12. The molecular formula is C8H10N4O2S. The molecule has 6 nitrogen and oxygen atoms in total. The number of hydrogen-bond donors (Lipinski definition) is 1. The average molecular weight is 226 g/mol. The van der Waals surface area contributed by atoms with Crippen molar-refractivity contribution < 1.29 is 4.92 Å². The van der Waals surface area contributed by atoms with Gasteiger partial charge in [0.15, 0.2) is 0 Å². The molecular weight excluding hydrogens is 216 g/mol. The number of hydrogen-bond acceptors (Lipinski definition) is 5. The van der Waals surface area contributed by atoms with E-state index in [0.717, 1.165) is 0 Å². The highest BCUT2D eigenvalue weighted by atomic mass is 32.1. The van der Waals surface area contributed by atoms with Crippen molar-refractivity contribution in [1.82, 2.24) is 9.38 Å². The summed E-state index contributed by atoms with van der Waals surface area (Å²) in [4.78, 5) is 15.3. The SMILES string of the molecule is CC(C)Nc1nc2sccn2c1[N+](=O)[O-]. The first-order valence-corrected chi connectivity index (χ1v) is 5.34. The van der Waals surface area contributed by atoms with Gasteiger partial charge in [-0.15, -0.1) is 0 Å². The summed E-state index contributed by atoms with van der Waals surface area (Å²) in [6, 6.07) is 0.119. The molecule has 0 atom stereocenters. The Balaban J connectivity index is 2.57. The average Bonchev–Trinajstić information content (AvgIpc) is 2.60. The van der Waals surface area contributed by atoms with Crippen molar-refractivity contribution >= 4 is 27.9 Å². The van der Waals surface area contributed by atoms with Gasteiger partial charge in [0.2, 0.25) is 5.82 Å². The van der Waals surface area contributed by atoms with Crippen molar-refractivity contribution in [2.75, 3.05) is 5.32 Å². The largest absolute Gasteiger partial charge is 0.372 e. The first kappa shape index (κ1) is 9.91. The number of fused-ring (bicyclic) bond motifs is 1. The summed E-state index contributed by atoms with van der Waals surface area (Å²) in [5, 5.41) is 15.6. The molecule has 0 saturated carbocycles. The van der Waals surface area contributed by atoms with Gasteiger partial charge < -0.3 is 15.4 Å². The van der Waals surface area contributed by atoms with Crippen molar-refractivity contribution in [3.8, 4) is 0 Å². The Hall–Kier alpha value is -1.63. The highest BCUT2D eigenvalue weighted by Gasteiger charge is 2.23. The van der Waals surface area contributed by atoms with Gasteiger partial charge >= 0.3 is 5.82 Å². The third-order valence-corrected chi connectivity index (χ3v) is 2.59. The van der Waals surface area contributed by atoms with Crippen LogP contribution in [0.1, 0.15) is 13.8 Å². The highest BCUT2D eigenvalue weighted by molar-refractivity contribution is 7.15. The second kappa shape index (κ2) is 3.50. The van der Waals surface area contributed by atoms with Crippen molar-refractivity contribution in [3.63, 3.8) is 0 Å². The topological polar surface area (TPSA) is 72.5 Å². The Morgan fingerprint density at radius 3 is 3.00 bits per heavy atom. The van der Waals surface area contributed by atoms with Crippen LogP contribution in [0.3, 0.4) is 0 Å². The van der Waals surface area contributed by atoms with Crippen molar-refractivity contribution in [3.05, 3.63) is 21.7 Å². The molecule has 0 aliphatic carbocycles. The number of anilines is 1. The van der Waals surface area contributed by atoms with E-state index < -0.39 is 4.92 Å². The maximum absolute atomic E-state index is 10.9. The quantitative estimate of drug-likeness (QED) is 0.642. The lowest BCUT2D eigenvalue weighted by molar-refractivity contribution is -0.389. The van der Waals surface area contributed by atoms with Gasteiger partial charge in [0.1, 0.15) is 6.20 Å². The molecule has 2 aromatic heterocycles. The van der Waals surface area contributed by atoms with Crippen molar-refractivity contribution in [1.29, 1.82) is 0 Å². The number of nitrogens with one attached hydrogen (secondary N) is 1. The van der Waals surface area contributed by atoms with Crippen LogP contribution in [0.2, 0.25) is 0 Å². The number of nitro groups is 1. The lowest BCUT2D eigenvalue weighted by Crippen LogP contribution is -2.11. The van der Waals surface area contributed by atoms with E-state index in [-0.39, 0.29) is 11.9 Å². The zero-order chi connectivity index (χ0) is 11.0. The normalized spacial score (nSPS) is 11.1. The van der Waals surface area contributed by atoms with Gasteiger partial charge in [-0.3, -0.25) is 0 Å². The number of aromatic nitrogens is 2. The van der Waals surface area contributed by atoms with Crippen LogP contribution in [0.15, 0.2) is 11.6 Å².